The molecule has 13 heteroatoms. The summed E-state index contributed by atoms with van der Waals surface area (Å²) >= 11 is 0. The Balaban J connectivity index is 1.31. The van der Waals surface area contributed by atoms with Crippen LogP contribution in [0.5, 0.6) is 11.5 Å². The van der Waals surface area contributed by atoms with E-state index in [2.05, 4.69) is 25.5 Å². The predicted octanol–water partition coefficient (Wildman–Crippen LogP) is 4.14. The lowest BCUT2D eigenvalue weighted by molar-refractivity contribution is 0.0478. The first-order valence-electron chi connectivity index (χ1n) is 13.4. The number of methoxy groups -OCH3 is 1. The molecule has 5 rings (SSSR count). The van der Waals surface area contributed by atoms with E-state index in [-0.39, 0.29) is 18.1 Å². The highest BCUT2D eigenvalue weighted by Gasteiger charge is 2.29. The topological polar surface area (TPSA) is 163 Å². The Hall–Kier alpha value is -5.46. The average Bonchev–Trinajstić information content (AvgIpc) is 3.59. The zero-order chi connectivity index (χ0) is 30.6. The minimum Gasteiger partial charge on any atom is -0.497 e. The molecule has 0 radical (unpaired) electrons. The van der Waals surface area contributed by atoms with E-state index in [0.717, 1.165) is 16.0 Å². The summed E-state index contributed by atoms with van der Waals surface area (Å²) in [7, 11) is 1.61. The quantitative estimate of drug-likeness (QED) is 0.257. The number of aromatic nitrogens is 5. The molecule has 0 bridgehead atoms. The normalized spacial score (nSPS) is 12.1. The molecule has 0 spiro atoms. The van der Waals surface area contributed by atoms with E-state index in [1.807, 2.05) is 24.3 Å². The van der Waals surface area contributed by atoms with Gasteiger partial charge in [0.1, 0.15) is 35.4 Å². The summed E-state index contributed by atoms with van der Waals surface area (Å²) in [5, 5.41) is 9.40. The van der Waals surface area contributed by atoms with Crippen LogP contribution in [0.1, 0.15) is 37.0 Å². The van der Waals surface area contributed by atoms with E-state index in [4.69, 9.17) is 18.7 Å². The summed E-state index contributed by atoms with van der Waals surface area (Å²) in [6.45, 7) is 5.45. The van der Waals surface area contributed by atoms with Crippen LogP contribution in [-0.4, -0.2) is 55.7 Å². The molecular weight excluding hydrogens is 556 g/mol. The van der Waals surface area contributed by atoms with Crippen molar-refractivity contribution >= 4 is 22.9 Å². The molecule has 0 saturated heterocycles. The molecular formula is C30H30N6O7. The standard InChI is InChI=1S/C30H30N6O7/c1-30(2,3)42-29(39)32-23(28(38)36-24-8-6-5-7-21(24)27(37)34-36)15-25-33-26(35-43-25)22-14-13-20(16-31-22)41-17-18-9-11-19(40-4)12-10-18/h5-14,16,23H,15,17H2,1-4H3,(H,32,39)(H,34,37). The maximum absolute atomic E-state index is 13.6. The van der Waals surface area contributed by atoms with E-state index in [1.54, 1.807) is 70.5 Å². The molecule has 13 nitrogen and oxygen atoms in total. The Morgan fingerprint density at radius 2 is 1.79 bits per heavy atom. The van der Waals surface area contributed by atoms with Crippen molar-refractivity contribution in [3.63, 3.8) is 0 Å². The van der Waals surface area contributed by atoms with Gasteiger partial charge >= 0.3 is 6.09 Å². The van der Waals surface area contributed by atoms with Crippen LogP contribution in [0, 0.1) is 0 Å². The first-order chi connectivity index (χ1) is 20.6. The largest absolute Gasteiger partial charge is 0.497 e. The molecule has 0 aliphatic rings. The van der Waals surface area contributed by atoms with Gasteiger partial charge in [0, 0.05) is 0 Å². The van der Waals surface area contributed by atoms with E-state index in [0.29, 0.717) is 29.0 Å². The number of aromatic amines is 1. The molecule has 1 amide bonds. The highest BCUT2D eigenvalue weighted by Crippen LogP contribution is 2.20. The number of carbonyl (C=O) groups excluding carboxylic acids is 2. The number of amides is 1. The zero-order valence-corrected chi connectivity index (χ0v) is 24.0. The van der Waals surface area contributed by atoms with Gasteiger partial charge in [0.15, 0.2) is 0 Å². The zero-order valence-electron chi connectivity index (χ0n) is 24.0. The Labute approximate surface area is 245 Å². The molecule has 3 heterocycles. The molecule has 2 N–H and O–H groups in total. The van der Waals surface area contributed by atoms with Gasteiger partial charge in [-0.1, -0.05) is 29.4 Å². The van der Waals surface area contributed by atoms with Gasteiger partial charge in [0.2, 0.25) is 11.7 Å². The van der Waals surface area contributed by atoms with E-state index < -0.39 is 29.2 Å². The maximum Gasteiger partial charge on any atom is 0.408 e. The van der Waals surface area contributed by atoms with Crippen LogP contribution in [0.3, 0.4) is 0 Å². The number of hydrogen-bond donors (Lipinski definition) is 2. The SMILES string of the molecule is COc1ccc(COc2ccc(-c3noc(CC(NC(=O)OC(C)(C)C)C(=O)n4[nH]c(=O)c5ccccc54)n3)nc2)cc1. The van der Waals surface area contributed by atoms with Crippen molar-refractivity contribution in [2.45, 2.75) is 45.4 Å². The van der Waals surface area contributed by atoms with Crippen molar-refractivity contribution in [3.8, 4) is 23.0 Å². The molecule has 5 aromatic rings. The molecule has 3 aromatic heterocycles. The van der Waals surface area contributed by atoms with Crippen LogP contribution < -0.4 is 20.3 Å². The van der Waals surface area contributed by atoms with Crippen LogP contribution >= 0.6 is 0 Å². The molecule has 0 aliphatic heterocycles. The van der Waals surface area contributed by atoms with Gasteiger partial charge < -0.3 is 24.1 Å². The van der Waals surface area contributed by atoms with E-state index in [1.165, 1.54) is 0 Å². The maximum atomic E-state index is 13.6. The molecule has 1 unspecified atom stereocenters. The second-order valence-electron chi connectivity index (χ2n) is 10.6. The summed E-state index contributed by atoms with van der Waals surface area (Å²) < 4.78 is 22.8. The fourth-order valence-corrected chi connectivity index (χ4v) is 4.16. The van der Waals surface area contributed by atoms with Gasteiger partial charge in [-0.25, -0.2) is 14.5 Å². The number of pyridine rings is 1. The number of nitrogens with one attached hydrogen (secondary N) is 2. The fourth-order valence-electron chi connectivity index (χ4n) is 4.16. The molecule has 0 saturated carbocycles. The highest BCUT2D eigenvalue weighted by atomic mass is 16.6. The Morgan fingerprint density at radius 3 is 2.49 bits per heavy atom. The summed E-state index contributed by atoms with van der Waals surface area (Å²) in [6.07, 6.45) is 0.540. The Kier molecular flexibility index (Phi) is 8.23. The lowest BCUT2D eigenvalue weighted by Gasteiger charge is -2.22. The van der Waals surface area contributed by atoms with Crippen molar-refractivity contribution in [2.75, 3.05) is 7.11 Å². The second-order valence-corrected chi connectivity index (χ2v) is 10.6. The summed E-state index contributed by atoms with van der Waals surface area (Å²) in [5.74, 6) is 0.924. The van der Waals surface area contributed by atoms with Crippen molar-refractivity contribution in [2.24, 2.45) is 0 Å². The first-order valence-corrected chi connectivity index (χ1v) is 13.4. The van der Waals surface area contributed by atoms with Crippen LogP contribution in [0.15, 0.2) is 76.2 Å². The monoisotopic (exact) mass is 586 g/mol. The Bertz CT molecular complexity index is 1780. The van der Waals surface area contributed by atoms with Crippen LogP contribution in [-0.2, 0) is 17.8 Å². The molecule has 0 aliphatic carbocycles. The van der Waals surface area contributed by atoms with Crippen LogP contribution in [0.2, 0.25) is 0 Å². The van der Waals surface area contributed by atoms with Crippen molar-refractivity contribution in [3.05, 3.63) is 88.7 Å². The smallest absolute Gasteiger partial charge is 0.408 e. The van der Waals surface area contributed by atoms with Gasteiger partial charge in [0.25, 0.3) is 11.5 Å². The summed E-state index contributed by atoms with van der Waals surface area (Å²) in [6, 6.07) is 16.3. The number of rotatable bonds is 9. The average molecular weight is 587 g/mol. The summed E-state index contributed by atoms with van der Waals surface area (Å²) in [4.78, 5) is 47.4. The summed E-state index contributed by atoms with van der Waals surface area (Å²) in [5.41, 5.74) is 0.491. The number of hydrogen-bond acceptors (Lipinski definition) is 10. The van der Waals surface area contributed by atoms with E-state index >= 15 is 0 Å². The second kappa shape index (κ2) is 12.2. The van der Waals surface area contributed by atoms with Gasteiger partial charge in [-0.2, -0.15) is 4.98 Å². The number of benzene rings is 2. The highest BCUT2D eigenvalue weighted by molar-refractivity contribution is 5.94. The van der Waals surface area contributed by atoms with Gasteiger partial charge in [-0.05, 0) is 62.7 Å². The molecule has 43 heavy (non-hydrogen) atoms. The number of nitrogens with zero attached hydrogens (tertiary/aromatic N) is 4. The predicted molar refractivity (Wildman–Crippen MR) is 155 cm³/mol. The molecule has 222 valence electrons. The minimum absolute atomic E-state index is 0.0600. The molecule has 1 atom stereocenters. The number of fused-ring (bicyclic) bond motifs is 1. The fraction of sp³-hybridized carbons (Fsp3) is 0.267. The van der Waals surface area contributed by atoms with Crippen LogP contribution in [0.4, 0.5) is 4.79 Å². The number of alkyl carbamates (subject to hydrolysis) is 1. The van der Waals surface area contributed by atoms with Crippen molar-refractivity contribution in [1.29, 1.82) is 0 Å². The van der Waals surface area contributed by atoms with Gasteiger partial charge in [-0.15, -0.1) is 0 Å². The van der Waals surface area contributed by atoms with Gasteiger partial charge in [0.05, 0.1) is 30.6 Å². The third-order valence-corrected chi connectivity index (χ3v) is 6.19. The van der Waals surface area contributed by atoms with Crippen LogP contribution in [0.25, 0.3) is 22.4 Å². The van der Waals surface area contributed by atoms with Crippen molar-refractivity contribution < 1.29 is 28.3 Å². The third-order valence-electron chi connectivity index (χ3n) is 6.19. The number of ether oxygens (including phenoxy) is 3. The number of carbonyl (C=O) groups is 2. The lowest BCUT2D eigenvalue weighted by Crippen LogP contribution is -2.47. The Morgan fingerprint density at radius 1 is 1.05 bits per heavy atom. The number of H-pyrrole nitrogens is 1. The number of para-hydroxylation sites is 1. The first kappa shape index (κ1) is 29.0. The molecule has 2 aromatic carbocycles. The third kappa shape index (κ3) is 7.07. The minimum atomic E-state index is -1.21. The van der Waals surface area contributed by atoms with Gasteiger partial charge in [-0.3, -0.25) is 14.7 Å². The van der Waals surface area contributed by atoms with Crippen molar-refractivity contribution in [1.82, 2.24) is 30.2 Å². The lowest BCUT2D eigenvalue weighted by atomic mass is 10.1. The molecule has 0 fully saturated rings. The van der Waals surface area contributed by atoms with E-state index in [9.17, 15) is 14.4 Å².